The zero-order chi connectivity index (χ0) is 19.7. The normalized spacial score (nSPS) is 21.0. The van der Waals surface area contributed by atoms with Gasteiger partial charge in [-0.2, -0.15) is 36.9 Å². The number of nitrogens with zero attached hydrogens (tertiary/aromatic N) is 4. The summed E-state index contributed by atoms with van der Waals surface area (Å²) in [6.45, 7) is 1.86. The van der Waals surface area contributed by atoms with Gasteiger partial charge < -0.3 is 4.18 Å². The van der Waals surface area contributed by atoms with Crippen molar-refractivity contribution in [3.63, 3.8) is 0 Å². The highest BCUT2D eigenvalue weighted by Gasteiger charge is 2.49. The van der Waals surface area contributed by atoms with Gasteiger partial charge in [0.15, 0.2) is 0 Å². The molecule has 2 aromatic rings. The molecule has 27 heavy (non-hydrogen) atoms. The number of hydrogen-bond acceptors (Lipinski definition) is 7. The molecule has 0 saturated heterocycles. The molecule has 1 aliphatic carbocycles. The molecule has 1 fully saturated rings. The van der Waals surface area contributed by atoms with Crippen LogP contribution in [0.4, 0.5) is 13.2 Å². The Morgan fingerprint density at radius 3 is 2.04 bits per heavy atom. The molecule has 2 atom stereocenters. The lowest BCUT2D eigenvalue weighted by Crippen LogP contribution is -2.28. The fraction of sp³-hybridized carbons (Fsp3) is 0.500. The van der Waals surface area contributed by atoms with Crippen LogP contribution < -0.4 is 4.18 Å². The van der Waals surface area contributed by atoms with Gasteiger partial charge in [-0.1, -0.05) is 6.42 Å². The molecule has 0 bridgehead atoms. The topological polar surface area (TPSA) is 94.9 Å². The van der Waals surface area contributed by atoms with Gasteiger partial charge in [0.2, 0.25) is 0 Å². The van der Waals surface area contributed by atoms with Crippen molar-refractivity contribution in [1.29, 1.82) is 0 Å². The summed E-state index contributed by atoms with van der Waals surface area (Å²) < 4.78 is 63.0. The maximum atomic E-state index is 12.3. The van der Waals surface area contributed by atoms with E-state index in [9.17, 15) is 21.6 Å². The average molecular weight is 402 g/mol. The fourth-order valence-corrected chi connectivity index (χ4v) is 3.51. The van der Waals surface area contributed by atoms with Crippen molar-refractivity contribution >= 4 is 10.1 Å². The van der Waals surface area contributed by atoms with Crippen molar-refractivity contribution in [2.45, 2.75) is 50.0 Å². The molecular weight excluding hydrogens is 385 g/mol. The molecule has 1 saturated carbocycles. The summed E-state index contributed by atoms with van der Waals surface area (Å²) in [7, 11) is -5.75. The van der Waals surface area contributed by atoms with E-state index in [1.807, 2.05) is 19.1 Å². The monoisotopic (exact) mass is 402 g/mol. The Morgan fingerprint density at radius 1 is 0.963 bits per heavy atom. The Kier molecular flexibility index (Phi) is 5.31. The highest BCUT2D eigenvalue weighted by molar-refractivity contribution is 7.87. The van der Waals surface area contributed by atoms with Gasteiger partial charge in [0.05, 0.1) is 17.1 Å². The van der Waals surface area contributed by atoms with Gasteiger partial charge >= 0.3 is 15.6 Å². The molecule has 0 aliphatic heterocycles. The zero-order valence-electron chi connectivity index (χ0n) is 14.3. The van der Waals surface area contributed by atoms with Crippen LogP contribution in [0.25, 0.3) is 0 Å². The van der Waals surface area contributed by atoms with Crippen LogP contribution in [0.1, 0.15) is 54.6 Å². The summed E-state index contributed by atoms with van der Waals surface area (Å²) >= 11 is 0. The number of aryl methyl sites for hydroxylation is 1. The molecular formula is C16H17F3N4O3S. The third-order valence-electron chi connectivity index (χ3n) is 4.47. The van der Waals surface area contributed by atoms with E-state index in [2.05, 4.69) is 24.6 Å². The zero-order valence-corrected chi connectivity index (χ0v) is 15.2. The molecule has 0 amide bonds. The van der Waals surface area contributed by atoms with E-state index in [0.717, 1.165) is 43.1 Å². The standard InChI is InChI=1S/C16H17F3N4O3S/c1-10-5-6-13(21-20-10)11-3-2-4-12(9-11)14-7-8-15(23-22-14)26-27(24,25)16(17,18)19/h5-8,11-12H,2-4,9H2,1H3/t11-,12-/m1/s1. The third-order valence-corrected chi connectivity index (χ3v) is 5.43. The molecule has 0 unspecified atom stereocenters. The van der Waals surface area contributed by atoms with E-state index in [0.29, 0.717) is 5.69 Å². The van der Waals surface area contributed by atoms with Crippen molar-refractivity contribution in [2.75, 3.05) is 0 Å². The summed E-state index contributed by atoms with van der Waals surface area (Å²) in [5, 5.41) is 15.7. The molecule has 1 aliphatic rings. The first-order chi connectivity index (χ1) is 12.7. The molecule has 0 N–H and O–H groups in total. The largest absolute Gasteiger partial charge is 0.534 e. The van der Waals surface area contributed by atoms with Crippen LogP contribution in [0.5, 0.6) is 5.88 Å². The van der Waals surface area contributed by atoms with E-state index < -0.39 is 21.5 Å². The van der Waals surface area contributed by atoms with E-state index >= 15 is 0 Å². The Hall–Kier alpha value is -2.30. The fourth-order valence-electron chi connectivity index (χ4n) is 3.11. The lowest BCUT2D eigenvalue weighted by atomic mass is 9.78. The highest BCUT2D eigenvalue weighted by Crippen LogP contribution is 2.40. The van der Waals surface area contributed by atoms with E-state index in [-0.39, 0.29) is 11.8 Å². The number of aromatic nitrogens is 4. The molecule has 7 nitrogen and oxygen atoms in total. The summed E-state index contributed by atoms with van der Waals surface area (Å²) in [5.41, 5.74) is -3.20. The molecule has 2 aromatic heterocycles. The van der Waals surface area contributed by atoms with Crippen molar-refractivity contribution < 1.29 is 25.8 Å². The maximum absolute atomic E-state index is 12.3. The molecule has 3 rings (SSSR count). The molecule has 146 valence electrons. The van der Waals surface area contributed by atoms with Gasteiger partial charge in [-0.15, -0.1) is 5.10 Å². The van der Waals surface area contributed by atoms with Crippen molar-refractivity contribution in [1.82, 2.24) is 20.4 Å². The first-order valence-electron chi connectivity index (χ1n) is 8.30. The smallest absolute Gasteiger partial charge is 0.354 e. The number of halogens is 3. The first-order valence-corrected chi connectivity index (χ1v) is 9.71. The van der Waals surface area contributed by atoms with Crippen LogP contribution in [0.15, 0.2) is 24.3 Å². The van der Waals surface area contributed by atoms with Gasteiger partial charge in [-0.25, -0.2) is 0 Å². The second kappa shape index (κ2) is 7.37. The van der Waals surface area contributed by atoms with Crippen LogP contribution in [-0.2, 0) is 10.1 Å². The van der Waals surface area contributed by atoms with Gasteiger partial charge in [-0.05, 0) is 44.4 Å². The van der Waals surface area contributed by atoms with Gasteiger partial charge in [0.1, 0.15) is 0 Å². The Morgan fingerprint density at radius 2 is 1.56 bits per heavy atom. The van der Waals surface area contributed by atoms with Crippen molar-refractivity contribution in [2.24, 2.45) is 0 Å². The van der Waals surface area contributed by atoms with Gasteiger partial charge in [-0.3, -0.25) is 0 Å². The van der Waals surface area contributed by atoms with Crippen LogP contribution in [0.2, 0.25) is 0 Å². The van der Waals surface area contributed by atoms with Crippen LogP contribution >= 0.6 is 0 Å². The van der Waals surface area contributed by atoms with Crippen molar-refractivity contribution in [3.8, 4) is 5.88 Å². The summed E-state index contributed by atoms with van der Waals surface area (Å²) in [5.74, 6) is -0.458. The maximum Gasteiger partial charge on any atom is 0.534 e. The minimum Gasteiger partial charge on any atom is -0.354 e. The Balaban J connectivity index is 1.70. The summed E-state index contributed by atoms with van der Waals surface area (Å²) in [6.07, 6.45) is 3.51. The van der Waals surface area contributed by atoms with Gasteiger partial charge in [0, 0.05) is 17.9 Å². The van der Waals surface area contributed by atoms with Gasteiger partial charge in [0.25, 0.3) is 5.88 Å². The second-order valence-corrected chi connectivity index (χ2v) is 7.98. The number of hydrogen-bond donors (Lipinski definition) is 0. The molecule has 2 heterocycles. The minimum absolute atomic E-state index is 0.0487. The highest BCUT2D eigenvalue weighted by atomic mass is 32.2. The van der Waals surface area contributed by atoms with Crippen LogP contribution in [-0.4, -0.2) is 34.3 Å². The molecule has 0 radical (unpaired) electrons. The van der Waals surface area contributed by atoms with Crippen molar-refractivity contribution in [3.05, 3.63) is 41.3 Å². The lowest BCUT2D eigenvalue weighted by Gasteiger charge is -2.28. The van der Waals surface area contributed by atoms with E-state index in [4.69, 9.17) is 0 Å². The summed E-state index contributed by atoms with van der Waals surface area (Å²) in [6, 6.07) is 6.38. The predicted octanol–water partition coefficient (Wildman–Crippen LogP) is 3.24. The first kappa shape index (κ1) is 19.5. The van der Waals surface area contributed by atoms with Crippen LogP contribution in [0, 0.1) is 6.92 Å². The van der Waals surface area contributed by atoms with Crippen LogP contribution in [0.3, 0.4) is 0 Å². The predicted molar refractivity (Wildman–Crippen MR) is 88.4 cm³/mol. The third kappa shape index (κ3) is 4.52. The molecule has 0 aromatic carbocycles. The second-order valence-electron chi connectivity index (χ2n) is 6.44. The lowest BCUT2D eigenvalue weighted by molar-refractivity contribution is -0.0501. The SMILES string of the molecule is Cc1ccc([C@@H]2CCC[C@@H](c3ccc(OS(=O)(=O)C(F)(F)F)nn3)C2)nn1. The van der Waals surface area contributed by atoms with E-state index in [1.165, 1.54) is 6.07 Å². The Labute approximate surface area is 154 Å². The average Bonchev–Trinajstić information content (AvgIpc) is 2.62. The number of alkyl halides is 3. The minimum atomic E-state index is -5.75. The molecule has 0 spiro atoms. The molecule has 11 heteroatoms. The summed E-state index contributed by atoms with van der Waals surface area (Å²) in [4.78, 5) is 0. The van der Waals surface area contributed by atoms with E-state index in [1.54, 1.807) is 0 Å². The quantitative estimate of drug-likeness (QED) is 0.572. The Bertz CT molecular complexity index is 887. The number of rotatable bonds is 4.